The van der Waals surface area contributed by atoms with Crippen LogP contribution in [-0.4, -0.2) is 29.5 Å². The summed E-state index contributed by atoms with van der Waals surface area (Å²) in [6, 6.07) is 11.8. The Morgan fingerprint density at radius 1 is 1.04 bits per heavy atom. The minimum absolute atomic E-state index is 0.00837. The summed E-state index contributed by atoms with van der Waals surface area (Å²) in [6.07, 6.45) is 2.99. The molecule has 0 saturated carbocycles. The Morgan fingerprint density at radius 3 is 2.48 bits per heavy atom. The zero-order valence-electron chi connectivity index (χ0n) is 13.0. The number of aromatic nitrogens is 3. The average Bonchev–Trinajstić information content (AvgIpc) is 3.11. The monoisotopic (exact) mass is 358 g/mol. The van der Waals surface area contributed by atoms with Gasteiger partial charge in [0, 0.05) is 18.0 Å². The molecular formula is C16H14N4O4S. The molecule has 0 unspecified atom stereocenters. The summed E-state index contributed by atoms with van der Waals surface area (Å²) in [5.74, 6) is -0.581. The third-order valence-electron chi connectivity index (χ3n) is 3.26. The predicted molar refractivity (Wildman–Crippen MR) is 87.0 cm³/mol. The van der Waals surface area contributed by atoms with E-state index in [0.29, 0.717) is 11.1 Å². The summed E-state index contributed by atoms with van der Waals surface area (Å²) in [5, 5.41) is 9.34. The molecule has 0 aliphatic rings. The van der Waals surface area contributed by atoms with Crippen LogP contribution in [0.5, 0.6) is 0 Å². The molecule has 0 bridgehead atoms. The van der Waals surface area contributed by atoms with Crippen LogP contribution in [0.25, 0.3) is 0 Å². The van der Waals surface area contributed by atoms with E-state index in [1.54, 1.807) is 42.5 Å². The van der Waals surface area contributed by atoms with Crippen molar-refractivity contribution in [2.75, 3.05) is 0 Å². The second-order valence-electron chi connectivity index (χ2n) is 5.12. The number of hydrogen-bond donors (Lipinski definition) is 1. The van der Waals surface area contributed by atoms with Crippen LogP contribution in [-0.2, 0) is 22.1 Å². The molecule has 8 nitrogen and oxygen atoms in total. The Bertz CT molecular complexity index is 956. The van der Waals surface area contributed by atoms with Crippen LogP contribution in [0.1, 0.15) is 21.8 Å². The van der Waals surface area contributed by atoms with Gasteiger partial charge < -0.3 is 9.73 Å². The van der Waals surface area contributed by atoms with Crippen LogP contribution in [0.4, 0.5) is 0 Å². The van der Waals surface area contributed by atoms with E-state index in [2.05, 4.69) is 20.5 Å². The highest BCUT2D eigenvalue weighted by Crippen LogP contribution is 2.15. The first-order chi connectivity index (χ1) is 12.0. The van der Waals surface area contributed by atoms with Crippen LogP contribution in [0.2, 0.25) is 0 Å². The molecule has 2 aromatic heterocycles. The largest absolute Gasteiger partial charge is 0.411 e. The molecule has 1 amide bonds. The van der Waals surface area contributed by atoms with E-state index in [4.69, 9.17) is 4.42 Å². The molecular weight excluding hydrogens is 344 g/mol. The zero-order valence-corrected chi connectivity index (χ0v) is 13.8. The first-order valence-electron chi connectivity index (χ1n) is 7.32. The van der Waals surface area contributed by atoms with Gasteiger partial charge in [-0.25, -0.2) is 8.42 Å². The normalized spacial score (nSPS) is 11.2. The van der Waals surface area contributed by atoms with Gasteiger partial charge >= 0.3 is 5.22 Å². The van der Waals surface area contributed by atoms with Gasteiger partial charge in [-0.15, -0.1) is 5.10 Å². The number of sulfone groups is 1. The number of carbonyl (C=O) groups is 1. The standard InChI is InChI=1S/C16H14N4O4S/c21-15(13-6-8-17-9-7-13)18-10-14-19-20-16(24-14)25(22,23)11-12-4-2-1-3-5-12/h1-9H,10-11H2,(H,18,21). The molecule has 128 valence electrons. The molecule has 0 fully saturated rings. The lowest BCUT2D eigenvalue weighted by atomic mass is 10.2. The molecule has 1 aromatic carbocycles. The lowest BCUT2D eigenvalue weighted by molar-refractivity contribution is 0.0946. The summed E-state index contributed by atoms with van der Waals surface area (Å²) in [5.41, 5.74) is 1.04. The number of hydrogen-bond acceptors (Lipinski definition) is 7. The highest BCUT2D eigenvalue weighted by molar-refractivity contribution is 7.90. The maximum atomic E-state index is 12.3. The van der Waals surface area contributed by atoms with Crippen molar-refractivity contribution in [3.05, 3.63) is 71.9 Å². The Labute approximate surface area is 143 Å². The van der Waals surface area contributed by atoms with Crippen molar-refractivity contribution in [1.29, 1.82) is 0 Å². The summed E-state index contributed by atoms with van der Waals surface area (Å²) in [7, 11) is -3.74. The van der Waals surface area contributed by atoms with Gasteiger partial charge in [-0.05, 0) is 17.7 Å². The number of nitrogens with one attached hydrogen (secondary N) is 1. The third-order valence-corrected chi connectivity index (χ3v) is 4.67. The van der Waals surface area contributed by atoms with Gasteiger partial charge in [0.05, 0.1) is 12.3 Å². The van der Waals surface area contributed by atoms with Gasteiger partial charge in [0.25, 0.3) is 5.91 Å². The number of nitrogens with zero attached hydrogens (tertiary/aromatic N) is 3. The maximum Gasteiger partial charge on any atom is 0.335 e. The fraction of sp³-hybridized carbons (Fsp3) is 0.125. The average molecular weight is 358 g/mol. The molecule has 0 spiro atoms. The van der Waals surface area contributed by atoms with Crippen LogP contribution >= 0.6 is 0 Å². The first-order valence-corrected chi connectivity index (χ1v) is 8.97. The minimum atomic E-state index is -3.74. The molecule has 0 saturated heterocycles. The molecule has 3 rings (SSSR count). The zero-order chi connectivity index (χ0) is 17.7. The lowest BCUT2D eigenvalue weighted by Crippen LogP contribution is -2.22. The van der Waals surface area contributed by atoms with Crippen LogP contribution in [0.15, 0.2) is 64.5 Å². The third kappa shape index (κ3) is 4.27. The second-order valence-corrected chi connectivity index (χ2v) is 6.99. The Hall–Kier alpha value is -3.07. The first kappa shape index (κ1) is 16.8. The summed E-state index contributed by atoms with van der Waals surface area (Å²) in [4.78, 5) is 15.7. The van der Waals surface area contributed by atoms with E-state index in [-0.39, 0.29) is 24.1 Å². The smallest absolute Gasteiger partial charge is 0.335 e. The number of pyridine rings is 1. The predicted octanol–water partition coefficient (Wildman–Crippen LogP) is 1.37. The van der Waals surface area contributed by atoms with Gasteiger partial charge in [0.2, 0.25) is 15.7 Å². The summed E-state index contributed by atoms with van der Waals surface area (Å²) in [6.45, 7) is -0.0744. The topological polar surface area (TPSA) is 115 Å². The van der Waals surface area contributed by atoms with Crippen LogP contribution in [0.3, 0.4) is 0 Å². The minimum Gasteiger partial charge on any atom is -0.411 e. The lowest BCUT2D eigenvalue weighted by Gasteiger charge is -2.01. The Kier molecular flexibility index (Phi) is 4.85. The second kappa shape index (κ2) is 7.22. The van der Waals surface area contributed by atoms with Crippen LogP contribution in [0, 0.1) is 0 Å². The molecule has 0 radical (unpaired) electrons. The number of carbonyl (C=O) groups excluding carboxylic acids is 1. The van der Waals surface area contributed by atoms with Crippen molar-refractivity contribution in [1.82, 2.24) is 20.5 Å². The van der Waals surface area contributed by atoms with Crippen molar-refractivity contribution >= 4 is 15.7 Å². The van der Waals surface area contributed by atoms with Gasteiger partial charge in [0.15, 0.2) is 0 Å². The van der Waals surface area contributed by atoms with Gasteiger partial charge in [-0.3, -0.25) is 9.78 Å². The molecule has 0 atom stereocenters. The van der Waals surface area contributed by atoms with E-state index >= 15 is 0 Å². The van der Waals surface area contributed by atoms with E-state index < -0.39 is 15.1 Å². The van der Waals surface area contributed by atoms with Crippen molar-refractivity contribution in [2.24, 2.45) is 0 Å². The summed E-state index contributed by atoms with van der Waals surface area (Å²) >= 11 is 0. The van der Waals surface area contributed by atoms with Gasteiger partial charge in [0.1, 0.15) is 0 Å². The Balaban J connectivity index is 1.65. The fourth-order valence-corrected chi connectivity index (χ4v) is 3.20. The van der Waals surface area contributed by atoms with Crippen molar-refractivity contribution in [3.8, 4) is 0 Å². The van der Waals surface area contributed by atoms with E-state index in [1.807, 2.05) is 0 Å². The van der Waals surface area contributed by atoms with Crippen molar-refractivity contribution in [3.63, 3.8) is 0 Å². The molecule has 1 N–H and O–H groups in total. The molecule has 2 heterocycles. The summed E-state index contributed by atoms with van der Waals surface area (Å²) < 4.78 is 29.7. The van der Waals surface area contributed by atoms with E-state index in [0.717, 1.165) is 0 Å². The highest BCUT2D eigenvalue weighted by atomic mass is 32.2. The molecule has 9 heteroatoms. The van der Waals surface area contributed by atoms with E-state index in [9.17, 15) is 13.2 Å². The Morgan fingerprint density at radius 2 is 1.76 bits per heavy atom. The van der Waals surface area contributed by atoms with Crippen LogP contribution < -0.4 is 5.32 Å². The van der Waals surface area contributed by atoms with E-state index in [1.165, 1.54) is 12.4 Å². The SMILES string of the molecule is O=C(NCc1nnc(S(=O)(=O)Cc2ccccc2)o1)c1ccncc1. The quantitative estimate of drug-likeness (QED) is 0.707. The van der Waals surface area contributed by atoms with Crippen molar-refractivity contribution in [2.45, 2.75) is 17.5 Å². The molecule has 0 aliphatic carbocycles. The molecule has 3 aromatic rings. The molecule has 25 heavy (non-hydrogen) atoms. The highest BCUT2D eigenvalue weighted by Gasteiger charge is 2.23. The van der Waals surface area contributed by atoms with Gasteiger partial charge in [-0.1, -0.05) is 35.4 Å². The molecule has 0 aliphatic heterocycles. The number of amides is 1. The van der Waals surface area contributed by atoms with Crippen molar-refractivity contribution < 1.29 is 17.6 Å². The fourth-order valence-electron chi connectivity index (χ4n) is 2.05. The maximum absolute atomic E-state index is 12.3. The number of rotatable bonds is 6. The number of benzene rings is 1. The van der Waals surface area contributed by atoms with Gasteiger partial charge in [-0.2, -0.15) is 0 Å².